The normalized spacial score (nSPS) is 45.6. The molecule has 0 aromatic carbocycles. The average molecular weight is 468 g/mol. The van der Waals surface area contributed by atoms with Crippen molar-refractivity contribution in [1.82, 2.24) is 4.98 Å². The first-order chi connectivity index (χ1) is 16.2. The van der Waals surface area contributed by atoms with Gasteiger partial charge >= 0.3 is 0 Å². The Morgan fingerprint density at radius 1 is 1.00 bits per heavy atom. The third-order valence-corrected chi connectivity index (χ3v) is 12.2. The minimum Gasteiger partial charge on any atom is -0.390 e. The molecule has 4 fully saturated rings. The van der Waals surface area contributed by atoms with Crippen LogP contribution in [0.25, 0.3) is 0 Å². The fraction of sp³-hybridized carbons (Fsp3) is 0.839. The molecule has 4 aliphatic rings. The van der Waals surface area contributed by atoms with Crippen LogP contribution in [0.15, 0.2) is 24.5 Å². The van der Waals surface area contributed by atoms with Gasteiger partial charge in [0.1, 0.15) is 0 Å². The van der Waals surface area contributed by atoms with Gasteiger partial charge in [0.2, 0.25) is 0 Å². The van der Waals surface area contributed by atoms with Crippen molar-refractivity contribution in [3.63, 3.8) is 0 Å². The van der Waals surface area contributed by atoms with Gasteiger partial charge in [-0.25, -0.2) is 0 Å². The first-order valence-electron chi connectivity index (χ1n) is 14.5. The average Bonchev–Trinajstić information content (AvgIpc) is 3.20. The number of aliphatic hydroxyl groups is 2. The fourth-order valence-electron chi connectivity index (χ4n) is 9.98. The van der Waals surface area contributed by atoms with Crippen LogP contribution in [0.2, 0.25) is 0 Å². The second-order valence-electron chi connectivity index (χ2n) is 13.5. The summed E-state index contributed by atoms with van der Waals surface area (Å²) in [7, 11) is 0. The molecule has 1 aromatic rings. The van der Waals surface area contributed by atoms with Crippen molar-refractivity contribution in [3.05, 3.63) is 30.1 Å². The lowest BCUT2D eigenvalue weighted by Crippen LogP contribution is -2.56. The molecule has 0 aliphatic heterocycles. The van der Waals surface area contributed by atoms with E-state index in [2.05, 4.69) is 32.7 Å². The molecule has 4 aliphatic carbocycles. The van der Waals surface area contributed by atoms with Crippen LogP contribution in [0.3, 0.4) is 0 Å². The molecule has 0 amide bonds. The quantitative estimate of drug-likeness (QED) is 0.460. The molecular formula is C31H49NO2. The number of nitrogens with zero attached hydrogens (tertiary/aromatic N) is 1. The first-order valence-corrected chi connectivity index (χ1v) is 14.5. The van der Waals surface area contributed by atoms with Gasteiger partial charge in [0.05, 0.1) is 11.7 Å². The Balaban J connectivity index is 1.25. The zero-order chi connectivity index (χ0) is 24.1. The largest absolute Gasteiger partial charge is 0.390 e. The molecule has 190 valence electrons. The molecule has 1 unspecified atom stereocenters. The number of hydrogen-bond acceptors (Lipinski definition) is 3. The second kappa shape index (κ2) is 9.18. The minimum atomic E-state index is -0.394. The maximum absolute atomic E-state index is 11.1. The number of pyridine rings is 1. The Kier molecular flexibility index (Phi) is 6.68. The molecule has 1 aromatic heterocycles. The number of rotatable bonds is 6. The zero-order valence-corrected chi connectivity index (χ0v) is 22.2. The van der Waals surface area contributed by atoms with Crippen molar-refractivity contribution in [2.75, 3.05) is 0 Å². The smallest absolute Gasteiger partial charge is 0.0805 e. The molecule has 3 nitrogen and oxygen atoms in total. The molecule has 0 saturated heterocycles. The topological polar surface area (TPSA) is 53.4 Å². The molecule has 4 saturated carbocycles. The monoisotopic (exact) mass is 467 g/mol. The summed E-state index contributed by atoms with van der Waals surface area (Å²) in [5.74, 6) is 4.83. The summed E-state index contributed by atoms with van der Waals surface area (Å²) in [5, 5.41) is 21.8. The summed E-state index contributed by atoms with van der Waals surface area (Å²) in [5.41, 5.74) is 1.48. The lowest BCUT2D eigenvalue weighted by molar-refractivity contribution is -0.152. The van der Waals surface area contributed by atoms with Gasteiger partial charge in [0.15, 0.2) is 0 Å². The zero-order valence-electron chi connectivity index (χ0n) is 22.2. The highest BCUT2D eigenvalue weighted by atomic mass is 16.3. The van der Waals surface area contributed by atoms with E-state index in [1.807, 2.05) is 18.3 Å². The minimum absolute atomic E-state index is 0.389. The number of aliphatic hydroxyl groups excluding tert-OH is 1. The van der Waals surface area contributed by atoms with Crippen molar-refractivity contribution in [3.8, 4) is 0 Å². The van der Waals surface area contributed by atoms with Crippen molar-refractivity contribution in [2.45, 2.75) is 116 Å². The molecule has 0 bridgehead atoms. The Hall–Kier alpha value is -0.930. The van der Waals surface area contributed by atoms with E-state index in [9.17, 15) is 10.2 Å². The Morgan fingerprint density at radius 2 is 1.79 bits per heavy atom. The summed E-state index contributed by atoms with van der Waals surface area (Å²) in [4.78, 5) is 4.19. The van der Waals surface area contributed by atoms with Gasteiger partial charge in [0, 0.05) is 12.4 Å². The molecule has 5 rings (SSSR count). The molecule has 3 heteroatoms. The molecular weight excluding hydrogens is 418 g/mol. The number of hydrogen-bond donors (Lipinski definition) is 2. The summed E-state index contributed by atoms with van der Waals surface area (Å²) < 4.78 is 0. The lowest BCUT2D eigenvalue weighted by atomic mass is 9.43. The predicted octanol–water partition coefficient (Wildman–Crippen LogP) is 7.33. The maximum Gasteiger partial charge on any atom is 0.0805 e. The Labute approximate surface area is 208 Å². The summed E-state index contributed by atoms with van der Waals surface area (Å²) in [6, 6.07) is 3.92. The standard InChI is InChI=1S/C31H49NO2/c1-5-31(34)17-16-29(3)23(19-31)9-10-24-26-12-11-25(30(26,4)15-14-27(24)29)21(2)8-13-28(33)22-7-6-18-32-20-22/h6-7,18,20-21,23-28,33-34H,5,8-17,19H2,1-4H3/t21?,23-,24-,25+,26-,27-,28+,29-,30+,31-/m0/s1. The van der Waals surface area contributed by atoms with Crippen molar-refractivity contribution in [2.24, 2.45) is 46.3 Å². The highest BCUT2D eigenvalue weighted by molar-refractivity contribution is 5.13. The van der Waals surface area contributed by atoms with E-state index >= 15 is 0 Å². The van der Waals surface area contributed by atoms with Crippen molar-refractivity contribution < 1.29 is 10.2 Å². The second-order valence-corrected chi connectivity index (χ2v) is 13.5. The van der Waals surface area contributed by atoms with E-state index in [0.29, 0.717) is 16.7 Å². The number of aromatic nitrogens is 1. The summed E-state index contributed by atoms with van der Waals surface area (Å²) in [6.07, 6.45) is 17.7. The van der Waals surface area contributed by atoms with Crippen LogP contribution in [0.1, 0.15) is 116 Å². The molecule has 0 spiro atoms. The van der Waals surface area contributed by atoms with Crippen LogP contribution < -0.4 is 0 Å². The van der Waals surface area contributed by atoms with Gasteiger partial charge in [-0.2, -0.15) is 0 Å². The van der Waals surface area contributed by atoms with Crippen LogP contribution in [0.5, 0.6) is 0 Å². The third kappa shape index (κ3) is 4.07. The van der Waals surface area contributed by atoms with Crippen LogP contribution in [0.4, 0.5) is 0 Å². The summed E-state index contributed by atoms with van der Waals surface area (Å²) in [6.45, 7) is 9.90. The van der Waals surface area contributed by atoms with E-state index < -0.39 is 5.60 Å². The summed E-state index contributed by atoms with van der Waals surface area (Å²) >= 11 is 0. The molecule has 2 N–H and O–H groups in total. The van der Waals surface area contributed by atoms with Gasteiger partial charge in [-0.15, -0.1) is 0 Å². The highest BCUT2D eigenvalue weighted by Crippen LogP contribution is 2.69. The van der Waals surface area contributed by atoms with Gasteiger partial charge in [-0.05, 0) is 135 Å². The SMILES string of the molecule is CC[C@]1(O)CC[C@@]2(C)[C@@H](CC[C@@H]3[C@@H]2CC[C@]2(C)[C@@H](C(C)CC[C@@H](O)c4cccnc4)CC[C@@H]32)C1. The van der Waals surface area contributed by atoms with Crippen LogP contribution in [-0.4, -0.2) is 20.8 Å². The third-order valence-electron chi connectivity index (χ3n) is 12.2. The Bertz CT molecular complexity index is 843. The van der Waals surface area contributed by atoms with Crippen molar-refractivity contribution in [1.29, 1.82) is 0 Å². The van der Waals surface area contributed by atoms with Gasteiger partial charge in [-0.1, -0.05) is 33.8 Å². The van der Waals surface area contributed by atoms with E-state index in [1.165, 1.54) is 44.9 Å². The van der Waals surface area contributed by atoms with E-state index in [-0.39, 0.29) is 6.10 Å². The van der Waals surface area contributed by atoms with E-state index in [1.54, 1.807) is 6.20 Å². The van der Waals surface area contributed by atoms with Crippen LogP contribution in [0, 0.1) is 46.3 Å². The first kappa shape index (κ1) is 24.8. The van der Waals surface area contributed by atoms with E-state index in [4.69, 9.17) is 0 Å². The van der Waals surface area contributed by atoms with Crippen LogP contribution >= 0.6 is 0 Å². The maximum atomic E-state index is 11.1. The van der Waals surface area contributed by atoms with Gasteiger partial charge in [-0.3, -0.25) is 4.98 Å². The predicted molar refractivity (Wildman–Crippen MR) is 138 cm³/mol. The van der Waals surface area contributed by atoms with Crippen molar-refractivity contribution >= 4 is 0 Å². The van der Waals surface area contributed by atoms with Gasteiger partial charge in [0.25, 0.3) is 0 Å². The lowest BCUT2D eigenvalue weighted by Gasteiger charge is -2.62. The fourth-order valence-corrected chi connectivity index (χ4v) is 9.98. The number of fused-ring (bicyclic) bond motifs is 5. The van der Waals surface area contributed by atoms with Crippen LogP contribution in [-0.2, 0) is 0 Å². The molecule has 10 atom stereocenters. The molecule has 34 heavy (non-hydrogen) atoms. The van der Waals surface area contributed by atoms with Gasteiger partial charge < -0.3 is 10.2 Å². The molecule has 1 heterocycles. The highest BCUT2D eigenvalue weighted by Gasteiger charge is 2.61. The molecule has 0 radical (unpaired) electrons. The Morgan fingerprint density at radius 3 is 2.53 bits per heavy atom. The van der Waals surface area contributed by atoms with E-state index in [0.717, 1.165) is 67.3 Å².